The summed E-state index contributed by atoms with van der Waals surface area (Å²) < 4.78 is 45.3. The predicted octanol–water partition coefficient (Wildman–Crippen LogP) is 5.88. The molecule has 0 amide bonds. The zero-order valence-electron chi connectivity index (χ0n) is 18.8. The third kappa shape index (κ3) is 4.97. The van der Waals surface area contributed by atoms with Crippen LogP contribution in [0.2, 0.25) is 0 Å². The van der Waals surface area contributed by atoms with Crippen LogP contribution < -0.4 is 14.2 Å². The molecule has 35 heavy (non-hydrogen) atoms. The highest BCUT2D eigenvalue weighted by molar-refractivity contribution is 7.92. The first kappa shape index (κ1) is 22.5. The van der Waals surface area contributed by atoms with Gasteiger partial charge in [-0.1, -0.05) is 36.4 Å². The predicted molar refractivity (Wildman–Crippen MR) is 134 cm³/mol. The minimum Gasteiger partial charge on any atom is -0.497 e. The Morgan fingerprint density at radius 1 is 0.829 bits per heavy atom. The standard InChI is InChI=1S/C27H22N2O5S/c1-32-21-14-16-23(17-15-21)35(30,31)29-24-8-5-9-25-26(24)28-27(34-25)20-10-12-22(13-11-20)33-18-19-6-3-2-4-7-19/h2-17,29H,18H2,1H3. The summed E-state index contributed by atoms with van der Waals surface area (Å²) in [6.07, 6.45) is 0. The van der Waals surface area contributed by atoms with E-state index >= 15 is 0 Å². The molecule has 8 heteroatoms. The van der Waals surface area contributed by atoms with E-state index < -0.39 is 10.0 Å². The van der Waals surface area contributed by atoms with Crippen molar-refractivity contribution in [3.63, 3.8) is 0 Å². The maximum atomic E-state index is 12.9. The molecule has 0 spiro atoms. The fourth-order valence-corrected chi connectivity index (χ4v) is 4.61. The van der Waals surface area contributed by atoms with Crippen molar-refractivity contribution in [2.24, 2.45) is 0 Å². The highest BCUT2D eigenvalue weighted by atomic mass is 32.2. The summed E-state index contributed by atoms with van der Waals surface area (Å²) in [5.41, 5.74) is 3.05. The first-order valence-electron chi connectivity index (χ1n) is 10.9. The largest absolute Gasteiger partial charge is 0.497 e. The average Bonchev–Trinajstić information content (AvgIpc) is 3.34. The van der Waals surface area contributed by atoms with Gasteiger partial charge in [-0.25, -0.2) is 13.4 Å². The van der Waals surface area contributed by atoms with E-state index in [1.165, 1.54) is 19.2 Å². The van der Waals surface area contributed by atoms with Gasteiger partial charge >= 0.3 is 0 Å². The summed E-state index contributed by atoms with van der Waals surface area (Å²) in [6.45, 7) is 0.473. The van der Waals surface area contributed by atoms with E-state index in [1.807, 2.05) is 54.6 Å². The summed E-state index contributed by atoms with van der Waals surface area (Å²) >= 11 is 0. The quantitative estimate of drug-likeness (QED) is 0.294. The van der Waals surface area contributed by atoms with Crippen molar-refractivity contribution in [2.75, 3.05) is 11.8 Å². The number of hydrogen-bond donors (Lipinski definition) is 1. The van der Waals surface area contributed by atoms with E-state index in [4.69, 9.17) is 13.9 Å². The van der Waals surface area contributed by atoms with Crippen LogP contribution in [0.5, 0.6) is 11.5 Å². The van der Waals surface area contributed by atoms with Gasteiger partial charge in [0.2, 0.25) is 5.89 Å². The van der Waals surface area contributed by atoms with Crippen LogP contribution in [0.1, 0.15) is 5.56 Å². The maximum Gasteiger partial charge on any atom is 0.261 e. The molecular weight excluding hydrogens is 464 g/mol. The van der Waals surface area contributed by atoms with Gasteiger partial charge in [-0.05, 0) is 66.2 Å². The molecule has 0 saturated heterocycles. The lowest BCUT2D eigenvalue weighted by Gasteiger charge is -2.08. The molecule has 0 atom stereocenters. The van der Waals surface area contributed by atoms with E-state index in [0.717, 1.165) is 16.9 Å². The van der Waals surface area contributed by atoms with Gasteiger partial charge < -0.3 is 13.9 Å². The second-order valence-electron chi connectivity index (χ2n) is 7.75. The van der Waals surface area contributed by atoms with E-state index in [1.54, 1.807) is 30.3 Å². The van der Waals surface area contributed by atoms with Crippen molar-refractivity contribution in [1.29, 1.82) is 0 Å². The molecule has 1 heterocycles. The van der Waals surface area contributed by atoms with Gasteiger partial charge in [0.05, 0.1) is 17.7 Å². The van der Waals surface area contributed by atoms with Crippen LogP contribution >= 0.6 is 0 Å². The molecular formula is C27H22N2O5S. The number of nitrogens with zero attached hydrogens (tertiary/aromatic N) is 1. The van der Waals surface area contributed by atoms with Gasteiger partial charge in [0.1, 0.15) is 23.6 Å². The Morgan fingerprint density at radius 2 is 1.54 bits per heavy atom. The monoisotopic (exact) mass is 486 g/mol. The van der Waals surface area contributed by atoms with Gasteiger partial charge in [0.15, 0.2) is 5.58 Å². The van der Waals surface area contributed by atoms with Crippen LogP contribution in [0.4, 0.5) is 5.69 Å². The Kier molecular flexibility index (Phi) is 6.12. The first-order valence-corrected chi connectivity index (χ1v) is 12.3. The van der Waals surface area contributed by atoms with Gasteiger partial charge in [0.25, 0.3) is 10.0 Å². The van der Waals surface area contributed by atoms with Gasteiger partial charge in [-0.15, -0.1) is 0 Å². The number of fused-ring (bicyclic) bond motifs is 1. The Labute approximate surface area is 203 Å². The zero-order chi connectivity index (χ0) is 24.3. The fraction of sp³-hybridized carbons (Fsp3) is 0.0741. The molecule has 0 saturated carbocycles. The number of para-hydroxylation sites is 1. The van der Waals surface area contributed by atoms with Gasteiger partial charge in [-0.3, -0.25) is 4.72 Å². The highest BCUT2D eigenvalue weighted by Crippen LogP contribution is 2.31. The van der Waals surface area contributed by atoms with Crippen molar-refractivity contribution in [1.82, 2.24) is 4.98 Å². The molecule has 7 nitrogen and oxygen atoms in total. The number of hydrogen-bond acceptors (Lipinski definition) is 6. The summed E-state index contributed by atoms with van der Waals surface area (Å²) in [6, 6.07) is 28.6. The van der Waals surface area contributed by atoms with E-state index in [0.29, 0.717) is 35.0 Å². The molecule has 0 radical (unpaired) electrons. The minimum atomic E-state index is -3.82. The molecule has 5 aromatic rings. The number of aromatic nitrogens is 1. The summed E-state index contributed by atoms with van der Waals surface area (Å²) in [4.78, 5) is 4.67. The lowest BCUT2D eigenvalue weighted by atomic mass is 10.2. The summed E-state index contributed by atoms with van der Waals surface area (Å²) in [5.74, 6) is 1.68. The topological polar surface area (TPSA) is 90.7 Å². The van der Waals surface area contributed by atoms with Crippen LogP contribution in [0, 0.1) is 0 Å². The lowest BCUT2D eigenvalue weighted by molar-refractivity contribution is 0.306. The zero-order valence-corrected chi connectivity index (χ0v) is 19.7. The number of sulfonamides is 1. The van der Waals surface area contributed by atoms with Crippen molar-refractivity contribution in [2.45, 2.75) is 11.5 Å². The number of nitrogens with one attached hydrogen (secondary N) is 1. The maximum absolute atomic E-state index is 12.9. The number of benzene rings is 4. The molecule has 0 aliphatic heterocycles. The molecule has 5 rings (SSSR count). The third-order valence-electron chi connectivity index (χ3n) is 5.38. The van der Waals surface area contributed by atoms with E-state index in [9.17, 15) is 8.42 Å². The highest BCUT2D eigenvalue weighted by Gasteiger charge is 2.18. The Hall–Kier alpha value is -4.30. The van der Waals surface area contributed by atoms with Gasteiger partial charge in [0, 0.05) is 5.56 Å². The molecule has 0 aliphatic rings. The fourth-order valence-electron chi connectivity index (χ4n) is 3.55. The second kappa shape index (κ2) is 9.52. The van der Waals surface area contributed by atoms with Crippen molar-refractivity contribution >= 4 is 26.8 Å². The molecule has 0 bridgehead atoms. The van der Waals surface area contributed by atoms with Gasteiger partial charge in [-0.2, -0.15) is 0 Å². The third-order valence-corrected chi connectivity index (χ3v) is 6.76. The number of ether oxygens (including phenoxy) is 2. The molecule has 1 N–H and O–H groups in total. The van der Waals surface area contributed by atoms with E-state index in [2.05, 4.69) is 9.71 Å². The van der Waals surface area contributed by atoms with Crippen LogP contribution in [-0.2, 0) is 16.6 Å². The Balaban J connectivity index is 1.36. The van der Waals surface area contributed by atoms with Crippen LogP contribution in [0.25, 0.3) is 22.6 Å². The van der Waals surface area contributed by atoms with Crippen molar-refractivity contribution < 1.29 is 22.3 Å². The van der Waals surface area contributed by atoms with Crippen LogP contribution in [0.15, 0.2) is 106 Å². The molecule has 0 aliphatic carbocycles. The summed E-state index contributed by atoms with van der Waals surface area (Å²) in [5, 5.41) is 0. The van der Waals surface area contributed by atoms with Crippen LogP contribution in [0.3, 0.4) is 0 Å². The normalized spacial score (nSPS) is 11.3. The van der Waals surface area contributed by atoms with Crippen molar-refractivity contribution in [3.8, 4) is 23.0 Å². The Morgan fingerprint density at radius 3 is 2.26 bits per heavy atom. The molecule has 1 aromatic heterocycles. The molecule has 0 unspecified atom stereocenters. The smallest absolute Gasteiger partial charge is 0.261 e. The van der Waals surface area contributed by atoms with Crippen molar-refractivity contribution in [3.05, 3.63) is 103 Å². The molecule has 0 fully saturated rings. The molecule has 176 valence electrons. The number of rotatable bonds is 8. The second-order valence-corrected chi connectivity index (χ2v) is 9.43. The molecule has 4 aromatic carbocycles. The summed E-state index contributed by atoms with van der Waals surface area (Å²) in [7, 11) is -2.30. The lowest BCUT2D eigenvalue weighted by Crippen LogP contribution is -2.13. The SMILES string of the molecule is COc1ccc(S(=O)(=O)Nc2cccc3oc(-c4ccc(OCc5ccccc5)cc4)nc23)cc1. The van der Waals surface area contributed by atoms with Crippen LogP contribution in [-0.4, -0.2) is 20.5 Å². The minimum absolute atomic E-state index is 0.116. The van der Waals surface area contributed by atoms with E-state index in [-0.39, 0.29) is 4.90 Å². The number of anilines is 1. The first-order chi connectivity index (χ1) is 17.0. The Bertz CT molecular complexity index is 1550. The number of oxazole rings is 1. The number of methoxy groups -OCH3 is 1. The average molecular weight is 487 g/mol.